The Morgan fingerprint density at radius 1 is 1.06 bits per heavy atom. The number of carbonyl (C=O) groups is 2. The van der Waals surface area contributed by atoms with Gasteiger partial charge in [0, 0.05) is 6.54 Å². The van der Waals surface area contributed by atoms with Crippen molar-refractivity contribution in [2.75, 3.05) is 5.75 Å². The van der Waals surface area contributed by atoms with Gasteiger partial charge in [-0.1, -0.05) is 47.7 Å². The zero-order valence-electron chi connectivity index (χ0n) is 18.6. The second-order valence-electron chi connectivity index (χ2n) is 8.00. The molecule has 0 radical (unpaired) electrons. The molecule has 2 aromatic carbocycles. The number of amides is 2. The van der Waals surface area contributed by atoms with Crippen LogP contribution in [0.15, 0.2) is 70.1 Å². The number of nitrogens with zero attached hydrogens (tertiary/aromatic N) is 2. The van der Waals surface area contributed by atoms with Crippen molar-refractivity contribution in [3.05, 3.63) is 81.9 Å². The van der Waals surface area contributed by atoms with Gasteiger partial charge in [-0.15, -0.1) is 0 Å². The third-order valence-electron chi connectivity index (χ3n) is 5.63. The van der Waals surface area contributed by atoms with E-state index in [1.165, 1.54) is 36.3 Å². The van der Waals surface area contributed by atoms with E-state index in [2.05, 4.69) is 21.9 Å². The minimum atomic E-state index is -0.752. The number of halogens is 1. The maximum Gasteiger partial charge on any atom is 0.272 e. The first kappa shape index (κ1) is 23.7. The third-order valence-corrected chi connectivity index (χ3v) is 6.61. The molecule has 2 amide bonds. The van der Waals surface area contributed by atoms with Crippen LogP contribution in [0.2, 0.25) is 0 Å². The number of hydrogen-bond acceptors (Lipinski definition) is 5. The first-order chi connectivity index (χ1) is 16.5. The van der Waals surface area contributed by atoms with Crippen molar-refractivity contribution in [1.29, 1.82) is 0 Å². The molecule has 0 unspecified atom stereocenters. The summed E-state index contributed by atoms with van der Waals surface area (Å²) >= 11 is 1.12. The predicted octanol–water partition coefficient (Wildman–Crippen LogP) is 3.98. The lowest BCUT2D eigenvalue weighted by Gasteiger charge is -2.16. The molecule has 1 heterocycles. The Kier molecular flexibility index (Phi) is 7.74. The number of allylic oxidation sites excluding steroid dienone is 2. The van der Waals surface area contributed by atoms with Gasteiger partial charge in [-0.05, 0) is 56.4 Å². The van der Waals surface area contributed by atoms with Crippen molar-refractivity contribution in [1.82, 2.24) is 20.4 Å². The summed E-state index contributed by atoms with van der Waals surface area (Å²) in [5, 5.41) is 0.974. The number of carbonyl (C=O) groups excluding carboxylic acids is 2. The van der Waals surface area contributed by atoms with Gasteiger partial charge in [0.05, 0.1) is 22.2 Å². The minimum absolute atomic E-state index is 0.0783. The predicted molar refractivity (Wildman–Crippen MR) is 130 cm³/mol. The molecular weight excluding hydrogens is 455 g/mol. The molecule has 0 fully saturated rings. The molecule has 4 rings (SSSR count). The van der Waals surface area contributed by atoms with Crippen LogP contribution in [0.1, 0.15) is 42.5 Å². The number of thioether (sulfide) groups is 1. The molecule has 0 bridgehead atoms. The number of aromatic nitrogens is 2. The molecule has 1 aliphatic rings. The van der Waals surface area contributed by atoms with E-state index in [9.17, 15) is 18.8 Å². The summed E-state index contributed by atoms with van der Waals surface area (Å²) in [6.45, 7) is 0.483. The molecule has 2 N–H and O–H groups in total. The normalized spacial score (nSPS) is 13.4. The molecule has 0 spiro atoms. The Morgan fingerprint density at radius 3 is 2.65 bits per heavy atom. The van der Waals surface area contributed by atoms with Gasteiger partial charge in [-0.25, -0.2) is 9.37 Å². The lowest BCUT2D eigenvalue weighted by atomic mass is 9.97. The highest BCUT2D eigenvalue weighted by atomic mass is 32.2. The molecule has 0 saturated carbocycles. The molecule has 0 aliphatic heterocycles. The zero-order chi connectivity index (χ0) is 23.9. The lowest BCUT2D eigenvalue weighted by Crippen LogP contribution is -2.42. The molecule has 176 valence electrons. The maximum absolute atomic E-state index is 13.7. The number of nitrogens with one attached hydrogen (secondary N) is 2. The van der Waals surface area contributed by atoms with Crippen molar-refractivity contribution in [2.45, 2.75) is 43.8 Å². The lowest BCUT2D eigenvalue weighted by molar-refractivity contribution is -0.119. The van der Waals surface area contributed by atoms with Crippen molar-refractivity contribution in [2.24, 2.45) is 0 Å². The molecule has 0 atom stereocenters. The van der Waals surface area contributed by atoms with Gasteiger partial charge < -0.3 is 0 Å². The van der Waals surface area contributed by atoms with E-state index in [4.69, 9.17) is 0 Å². The average molecular weight is 481 g/mol. The van der Waals surface area contributed by atoms with Crippen LogP contribution in [0.4, 0.5) is 4.39 Å². The van der Waals surface area contributed by atoms with Crippen LogP contribution in [-0.4, -0.2) is 27.1 Å². The first-order valence-corrected chi connectivity index (χ1v) is 12.2. The van der Waals surface area contributed by atoms with E-state index in [-0.39, 0.29) is 16.9 Å². The number of para-hydroxylation sites is 1. The average Bonchev–Trinajstić information content (AvgIpc) is 2.86. The quantitative estimate of drug-likeness (QED) is 0.231. The van der Waals surface area contributed by atoms with Crippen molar-refractivity contribution >= 4 is 34.5 Å². The van der Waals surface area contributed by atoms with Gasteiger partial charge in [0.2, 0.25) is 5.91 Å². The zero-order valence-corrected chi connectivity index (χ0v) is 19.4. The van der Waals surface area contributed by atoms with Gasteiger partial charge in [0.1, 0.15) is 5.82 Å². The van der Waals surface area contributed by atoms with Crippen LogP contribution in [-0.2, 0) is 11.3 Å². The molecule has 1 aliphatic carbocycles. The molecule has 9 heteroatoms. The minimum Gasteiger partial charge on any atom is -0.287 e. The Morgan fingerprint density at radius 2 is 1.85 bits per heavy atom. The summed E-state index contributed by atoms with van der Waals surface area (Å²) in [7, 11) is 0. The van der Waals surface area contributed by atoms with Crippen LogP contribution in [0, 0.1) is 5.82 Å². The van der Waals surface area contributed by atoms with E-state index in [0.717, 1.165) is 37.4 Å². The number of benzene rings is 2. The molecule has 34 heavy (non-hydrogen) atoms. The monoisotopic (exact) mass is 480 g/mol. The summed E-state index contributed by atoms with van der Waals surface area (Å²) < 4.78 is 15.3. The fourth-order valence-electron chi connectivity index (χ4n) is 3.85. The van der Waals surface area contributed by atoms with Crippen molar-refractivity contribution < 1.29 is 14.0 Å². The second-order valence-corrected chi connectivity index (χ2v) is 8.94. The van der Waals surface area contributed by atoms with Gasteiger partial charge in [-0.2, -0.15) is 0 Å². The number of hydrazine groups is 1. The first-order valence-electron chi connectivity index (χ1n) is 11.2. The largest absolute Gasteiger partial charge is 0.287 e. The van der Waals surface area contributed by atoms with Crippen LogP contribution < -0.4 is 16.4 Å². The Balaban J connectivity index is 1.45. The molecule has 7 nitrogen and oxygen atoms in total. The summed E-state index contributed by atoms with van der Waals surface area (Å²) in [6.07, 6.45) is 7.49. The van der Waals surface area contributed by atoms with Gasteiger partial charge in [0.15, 0.2) is 5.16 Å². The Labute approximate surface area is 200 Å². The Hall–Kier alpha value is -3.46. The standard InChI is InChI=1S/C25H25FN4O3S/c26-20-12-6-4-10-18(20)23(32)29-28-22(31)16-34-25-27-21-13-7-5-11-19(21)24(33)30(25)15-14-17-8-2-1-3-9-17/h4-8,10-13H,1-3,9,14-16H2,(H,28,31)(H,29,32). The smallest absolute Gasteiger partial charge is 0.272 e. The fraction of sp³-hybridized carbons (Fsp3) is 0.280. The molecule has 0 saturated heterocycles. The van der Waals surface area contributed by atoms with E-state index < -0.39 is 17.6 Å². The fourth-order valence-corrected chi connectivity index (χ4v) is 4.67. The van der Waals surface area contributed by atoms with E-state index in [1.54, 1.807) is 22.8 Å². The highest BCUT2D eigenvalue weighted by Gasteiger charge is 2.16. The van der Waals surface area contributed by atoms with Gasteiger partial charge in [-0.3, -0.25) is 29.8 Å². The van der Waals surface area contributed by atoms with Crippen LogP contribution in [0.3, 0.4) is 0 Å². The van der Waals surface area contributed by atoms with Crippen LogP contribution in [0.25, 0.3) is 10.9 Å². The number of hydrogen-bond donors (Lipinski definition) is 2. The van der Waals surface area contributed by atoms with Crippen molar-refractivity contribution in [3.63, 3.8) is 0 Å². The number of fused-ring (bicyclic) bond motifs is 1. The van der Waals surface area contributed by atoms with Gasteiger partial charge >= 0.3 is 0 Å². The SMILES string of the molecule is O=C(CSc1nc2ccccc2c(=O)n1CCC1=CCCCC1)NNC(=O)c1ccccc1F. The Bertz CT molecular complexity index is 1300. The molecule has 3 aromatic rings. The molecule has 1 aromatic heterocycles. The molecular formula is C25H25FN4O3S. The highest BCUT2D eigenvalue weighted by molar-refractivity contribution is 7.99. The van der Waals surface area contributed by atoms with Gasteiger partial charge in [0.25, 0.3) is 11.5 Å². The second kappa shape index (κ2) is 11.1. The van der Waals surface area contributed by atoms with Crippen molar-refractivity contribution in [3.8, 4) is 0 Å². The van der Waals surface area contributed by atoms with Crippen LogP contribution in [0.5, 0.6) is 0 Å². The number of rotatable bonds is 7. The summed E-state index contributed by atoms with van der Waals surface area (Å²) in [5.74, 6) is -2.01. The summed E-state index contributed by atoms with van der Waals surface area (Å²) in [5.41, 5.74) is 6.09. The van der Waals surface area contributed by atoms with E-state index in [0.29, 0.717) is 22.6 Å². The highest BCUT2D eigenvalue weighted by Crippen LogP contribution is 2.23. The van der Waals surface area contributed by atoms with E-state index >= 15 is 0 Å². The topological polar surface area (TPSA) is 93.1 Å². The third kappa shape index (κ3) is 5.72. The summed E-state index contributed by atoms with van der Waals surface area (Å²) in [4.78, 5) is 42.2. The van der Waals surface area contributed by atoms with Crippen LogP contribution >= 0.6 is 11.8 Å². The maximum atomic E-state index is 13.7. The summed E-state index contributed by atoms with van der Waals surface area (Å²) in [6, 6.07) is 12.6. The van der Waals surface area contributed by atoms with E-state index in [1.807, 2.05) is 6.07 Å².